The first kappa shape index (κ1) is 14.8. The maximum Gasteiger partial charge on any atom is 0.351 e. The molecule has 1 aliphatic heterocycles. The molecule has 2 heterocycles. The van der Waals surface area contributed by atoms with Crippen molar-refractivity contribution in [2.75, 3.05) is 0 Å². The Labute approximate surface area is 142 Å². The number of oxime groups is 1. The normalized spacial score (nSPS) is 16.7. The number of rotatable bonds is 4. The molecule has 0 aliphatic carbocycles. The van der Waals surface area contributed by atoms with Crippen molar-refractivity contribution in [1.29, 1.82) is 0 Å². The van der Waals surface area contributed by atoms with E-state index in [0.717, 1.165) is 26.5 Å². The number of esters is 1. The van der Waals surface area contributed by atoms with E-state index < -0.39 is 12.1 Å². The van der Waals surface area contributed by atoms with Gasteiger partial charge in [0, 0.05) is 6.42 Å². The highest BCUT2D eigenvalue weighted by molar-refractivity contribution is 7.18. The quantitative estimate of drug-likeness (QED) is 0.683. The Hall–Kier alpha value is -2.73. The molecule has 0 spiro atoms. The van der Waals surface area contributed by atoms with Gasteiger partial charge in [-0.2, -0.15) is 0 Å². The van der Waals surface area contributed by atoms with E-state index in [4.69, 9.17) is 9.57 Å². The molecule has 1 aliphatic rings. The fourth-order valence-corrected chi connectivity index (χ4v) is 3.39. The third-order valence-corrected chi connectivity index (χ3v) is 4.72. The van der Waals surface area contributed by atoms with E-state index in [1.165, 1.54) is 11.3 Å². The zero-order valence-corrected chi connectivity index (χ0v) is 13.5. The van der Waals surface area contributed by atoms with E-state index in [9.17, 15) is 4.79 Å². The van der Waals surface area contributed by atoms with E-state index in [2.05, 4.69) is 10.1 Å². The number of hydrogen-bond acceptors (Lipinski definition) is 6. The summed E-state index contributed by atoms with van der Waals surface area (Å²) in [5.41, 5.74) is 2.64. The van der Waals surface area contributed by atoms with Gasteiger partial charge in [-0.15, -0.1) is 11.3 Å². The molecule has 120 valence electrons. The van der Waals surface area contributed by atoms with Crippen LogP contribution in [0.25, 0.3) is 10.2 Å². The summed E-state index contributed by atoms with van der Waals surface area (Å²) in [5.74, 6) is -0.413. The summed E-state index contributed by atoms with van der Waals surface area (Å²) < 4.78 is 6.42. The van der Waals surface area contributed by atoms with Crippen molar-refractivity contribution in [3.05, 3.63) is 65.2 Å². The predicted molar refractivity (Wildman–Crippen MR) is 91.9 cm³/mol. The van der Waals surface area contributed by atoms with Gasteiger partial charge in [0.15, 0.2) is 0 Å². The molecular weight excluding hydrogens is 324 g/mol. The van der Waals surface area contributed by atoms with E-state index in [0.29, 0.717) is 6.42 Å². The monoisotopic (exact) mass is 338 g/mol. The molecule has 0 bridgehead atoms. The minimum Gasteiger partial charge on any atom is -0.455 e. The van der Waals surface area contributed by atoms with Gasteiger partial charge in [0.05, 0.1) is 15.9 Å². The summed E-state index contributed by atoms with van der Waals surface area (Å²) >= 11 is 1.52. The molecule has 0 fully saturated rings. The molecule has 0 radical (unpaired) electrons. The lowest BCUT2D eigenvalue weighted by atomic mass is 10.1. The van der Waals surface area contributed by atoms with Crippen molar-refractivity contribution in [3.8, 4) is 0 Å². The van der Waals surface area contributed by atoms with Crippen LogP contribution in [0, 0.1) is 0 Å². The van der Waals surface area contributed by atoms with Crippen LogP contribution in [0.2, 0.25) is 0 Å². The molecule has 0 N–H and O–H groups in total. The summed E-state index contributed by atoms with van der Waals surface area (Å²) in [6.45, 7) is 0.151. The third kappa shape index (κ3) is 3.00. The average Bonchev–Trinajstić information content (AvgIpc) is 3.27. The number of hydrogen-bond donors (Lipinski definition) is 0. The van der Waals surface area contributed by atoms with Gasteiger partial charge in [-0.05, 0) is 17.7 Å². The van der Waals surface area contributed by atoms with Gasteiger partial charge < -0.3 is 9.57 Å². The first-order chi connectivity index (χ1) is 11.8. The van der Waals surface area contributed by atoms with Crippen LogP contribution in [0.15, 0.2) is 59.8 Å². The standard InChI is InChI=1S/C18H14N2O3S/c21-18(15-10-14(20-23-15)12-6-2-1-3-7-12)22-11-17-19-13-8-4-5-9-16(13)24-17/h1-9,15H,10-11H2. The number of para-hydroxylation sites is 1. The summed E-state index contributed by atoms with van der Waals surface area (Å²) in [6, 6.07) is 17.5. The van der Waals surface area contributed by atoms with Crippen molar-refractivity contribution in [2.45, 2.75) is 19.1 Å². The van der Waals surface area contributed by atoms with Crippen LogP contribution in [-0.2, 0) is 21.0 Å². The Morgan fingerprint density at radius 1 is 1.17 bits per heavy atom. The maximum absolute atomic E-state index is 12.2. The highest BCUT2D eigenvalue weighted by atomic mass is 32.1. The zero-order chi connectivity index (χ0) is 16.4. The van der Waals surface area contributed by atoms with Crippen molar-refractivity contribution < 1.29 is 14.4 Å². The fourth-order valence-electron chi connectivity index (χ4n) is 2.51. The second-order valence-corrected chi connectivity index (χ2v) is 6.50. The summed E-state index contributed by atoms with van der Waals surface area (Å²) in [5, 5.41) is 4.77. The molecule has 2 aromatic carbocycles. The Balaban J connectivity index is 1.36. The number of fused-ring (bicyclic) bond motifs is 1. The second kappa shape index (κ2) is 6.41. The number of nitrogens with zero attached hydrogens (tertiary/aromatic N) is 2. The number of carbonyl (C=O) groups excluding carboxylic acids is 1. The first-order valence-electron chi connectivity index (χ1n) is 7.59. The second-order valence-electron chi connectivity index (χ2n) is 5.39. The van der Waals surface area contributed by atoms with E-state index in [-0.39, 0.29) is 6.61 Å². The zero-order valence-electron chi connectivity index (χ0n) is 12.7. The lowest BCUT2D eigenvalue weighted by molar-refractivity contribution is -0.156. The van der Waals surface area contributed by atoms with Crippen LogP contribution < -0.4 is 0 Å². The topological polar surface area (TPSA) is 60.8 Å². The Morgan fingerprint density at radius 2 is 1.96 bits per heavy atom. The van der Waals surface area contributed by atoms with Crippen molar-refractivity contribution in [1.82, 2.24) is 4.98 Å². The molecule has 1 atom stereocenters. The SMILES string of the molecule is O=C(OCc1nc2ccccc2s1)C1CC(c2ccccc2)=NO1. The number of aromatic nitrogens is 1. The van der Waals surface area contributed by atoms with E-state index in [1.807, 2.05) is 54.6 Å². The number of benzene rings is 2. The summed E-state index contributed by atoms with van der Waals surface area (Å²) in [4.78, 5) is 21.8. The Morgan fingerprint density at radius 3 is 2.79 bits per heavy atom. The summed E-state index contributed by atoms with van der Waals surface area (Å²) in [7, 11) is 0. The maximum atomic E-state index is 12.2. The van der Waals surface area contributed by atoms with Gasteiger partial charge in [0.2, 0.25) is 6.10 Å². The highest BCUT2D eigenvalue weighted by Gasteiger charge is 2.30. The largest absolute Gasteiger partial charge is 0.455 e. The molecule has 0 amide bonds. The molecule has 3 aromatic rings. The molecule has 1 aromatic heterocycles. The van der Waals surface area contributed by atoms with Crippen LogP contribution in [0.1, 0.15) is 17.0 Å². The molecule has 5 nitrogen and oxygen atoms in total. The smallest absolute Gasteiger partial charge is 0.351 e. The van der Waals surface area contributed by atoms with Crippen molar-refractivity contribution in [3.63, 3.8) is 0 Å². The number of ether oxygens (including phenoxy) is 1. The van der Waals surface area contributed by atoms with Crippen LogP contribution >= 0.6 is 11.3 Å². The van der Waals surface area contributed by atoms with Gasteiger partial charge >= 0.3 is 5.97 Å². The number of thiazole rings is 1. The van der Waals surface area contributed by atoms with Gasteiger partial charge in [-0.3, -0.25) is 0 Å². The Kier molecular flexibility index (Phi) is 3.96. The number of carbonyl (C=O) groups is 1. The van der Waals surface area contributed by atoms with Crippen molar-refractivity contribution >= 4 is 33.2 Å². The van der Waals surface area contributed by atoms with Gasteiger partial charge in [0.1, 0.15) is 11.6 Å². The van der Waals surface area contributed by atoms with Gasteiger partial charge in [-0.1, -0.05) is 47.6 Å². The van der Waals surface area contributed by atoms with Crippen LogP contribution in [-0.4, -0.2) is 22.8 Å². The molecule has 24 heavy (non-hydrogen) atoms. The third-order valence-electron chi connectivity index (χ3n) is 3.71. The van der Waals surface area contributed by atoms with Gasteiger partial charge in [-0.25, -0.2) is 9.78 Å². The molecule has 0 saturated carbocycles. The predicted octanol–water partition coefficient (Wildman–Crippen LogP) is 3.53. The van der Waals surface area contributed by atoms with Crippen LogP contribution in [0.4, 0.5) is 0 Å². The molecule has 1 unspecified atom stereocenters. The lowest BCUT2D eigenvalue weighted by Crippen LogP contribution is -2.23. The summed E-state index contributed by atoms with van der Waals surface area (Å²) in [6.07, 6.45) is -0.266. The first-order valence-corrected chi connectivity index (χ1v) is 8.40. The van der Waals surface area contributed by atoms with Gasteiger partial charge in [0.25, 0.3) is 0 Å². The minimum absolute atomic E-state index is 0.151. The fraction of sp³-hybridized carbons (Fsp3) is 0.167. The highest BCUT2D eigenvalue weighted by Crippen LogP contribution is 2.23. The van der Waals surface area contributed by atoms with Crippen LogP contribution in [0.3, 0.4) is 0 Å². The molecule has 6 heteroatoms. The van der Waals surface area contributed by atoms with E-state index >= 15 is 0 Å². The van der Waals surface area contributed by atoms with Crippen molar-refractivity contribution in [2.24, 2.45) is 5.16 Å². The van der Waals surface area contributed by atoms with E-state index in [1.54, 1.807) is 0 Å². The molecule has 0 saturated heterocycles. The molecule has 4 rings (SSSR count). The minimum atomic E-state index is -0.686. The average molecular weight is 338 g/mol. The molecular formula is C18H14N2O3S. The Bertz CT molecular complexity index is 872. The van der Waals surface area contributed by atoms with Crippen LogP contribution in [0.5, 0.6) is 0 Å². The lowest BCUT2D eigenvalue weighted by Gasteiger charge is -2.07.